The van der Waals surface area contributed by atoms with Gasteiger partial charge >= 0.3 is 17.9 Å². The quantitative estimate of drug-likeness (QED) is 0.0261. The van der Waals surface area contributed by atoms with Crippen molar-refractivity contribution in [2.45, 2.75) is 322 Å². The van der Waals surface area contributed by atoms with Crippen molar-refractivity contribution in [1.82, 2.24) is 0 Å². The van der Waals surface area contributed by atoms with Crippen molar-refractivity contribution in [1.29, 1.82) is 0 Å². The van der Waals surface area contributed by atoms with Crippen molar-refractivity contribution in [3.63, 3.8) is 0 Å². The third kappa shape index (κ3) is 63.0. The Morgan fingerprint density at radius 1 is 0.286 bits per heavy atom. The predicted octanol–water partition coefficient (Wildman–Crippen LogP) is 22.4. The van der Waals surface area contributed by atoms with Crippen LogP contribution in [0.1, 0.15) is 316 Å². The van der Waals surface area contributed by atoms with Crippen LogP contribution in [0, 0.1) is 0 Å². The molecule has 0 fully saturated rings. The minimum Gasteiger partial charge on any atom is -0.462 e. The van der Waals surface area contributed by atoms with Gasteiger partial charge in [0, 0.05) is 12.8 Å². The minimum absolute atomic E-state index is 0.0978. The molecule has 0 saturated carbocycles. The molecule has 0 aliphatic carbocycles. The lowest BCUT2D eigenvalue weighted by atomic mass is 10.0. The van der Waals surface area contributed by atoms with Crippen LogP contribution in [-0.4, -0.2) is 37.2 Å². The molecule has 77 heavy (non-hydrogen) atoms. The Kier molecular flexibility index (Phi) is 61.8. The summed E-state index contributed by atoms with van der Waals surface area (Å²) in [4.78, 5) is 38.2. The normalized spacial score (nSPS) is 12.7. The van der Waals surface area contributed by atoms with Crippen LogP contribution in [0.3, 0.4) is 0 Å². The number of rotatable bonds is 59. The van der Waals surface area contributed by atoms with Gasteiger partial charge in [-0.3, -0.25) is 14.4 Å². The fourth-order valence-corrected chi connectivity index (χ4v) is 9.23. The fraction of sp³-hybridized carbons (Fsp3) is 0.732. The van der Waals surface area contributed by atoms with Gasteiger partial charge in [0.05, 0.1) is 6.42 Å². The molecule has 0 aromatic carbocycles. The van der Waals surface area contributed by atoms with E-state index in [0.717, 1.165) is 83.5 Å². The van der Waals surface area contributed by atoms with E-state index >= 15 is 0 Å². The van der Waals surface area contributed by atoms with Crippen molar-refractivity contribution >= 4 is 17.9 Å². The second kappa shape index (κ2) is 64.9. The van der Waals surface area contributed by atoms with Crippen molar-refractivity contribution in [2.24, 2.45) is 0 Å². The van der Waals surface area contributed by atoms with Crippen molar-refractivity contribution < 1.29 is 28.6 Å². The lowest BCUT2D eigenvalue weighted by Gasteiger charge is -2.18. The van der Waals surface area contributed by atoms with Gasteiger partial charge in [-0.25, -0.2) is 0 Å². The van der Waals surface area contributed by atoms with Crippen LogP contribution in [-0.2, 0) is 28.6 Å². The summed E-state index contributed by atoms with van der Waals surface area (Å²) in [7, 11) is 0. The third-order valence-electron chi connectivity index (χ3n) is 14.1. The number of carbonyl (C=O) groups is 3. The van der Waals surface area contributed by atoms with Gasteiger partial charge in [-0.2, -0.15) is 0 Å². The summed E-state index contributed by atoms with van der Waals surface area (Å²) in [6.45, 7) is 6.46. The summed E-state index contributed by atoms with van der Waals surface area (Å²) in [6, 6.07) is 0. The van der Waals surface area contributed by atoms with Crippen molar-refractivity contribution in [3.8, 4) is 0 Å². The van der Waals surface area contributed by atoms with E-state index in [2.05, 4.69) is 106 Å². The van der Waals surface area contributed by atoms with Crippen LogP contribution in [0.15, 0.2) is 97.2 Å². The molecule has 0 heterocycles. The molecule has 1 atom stereocenters. The van der Waals surface area contributed by atoms with E-state index in [0.29, 0.717) is 12.8 Å². The van der Waals surface area contributed by atoms with Gasteiger partial charge < -0.3 is 14.2 Å². The maximum atomic E-state index is 12.8. The molecule has 0 bridgehead atoms. The highest BCUT2D eigenvalue weighted by molar-refractivity contribution is 5.72. The Labute approximate surface area is 477 Å². The summed E-state index contributed by atoms with van der Waals surface area (Å²) in [5, 5.41) is 0. The summed E-state index contributed by atoms with van der Waals surface area (Å²) in [5.41, 5.74) is 0. The van der Waals surface area contributed by atoms with Crippen LogP contribution >= 0.6 is 0 Å². The monoisotopic (exact) mass is 1070 g/mol. The van der Waals surface area contributed by atoms with Gasteiger partial charge in [-0.15, -0.1) is 0 Å². The standard InChI is InChI=1S/C71H122O6/c1-4-7-10-13-16-19-22-25-28-29-30-31-32-33-34-35-36-37-38-39-40-41-44-46-49-52-55-58-61-64-70(73)76-67-68(77-71(74)65-62-59-56-53-50-47-43-27-24-21-18-15-12-9-6-3)66-75-69(72)63-60-57-54-51-48-45-42-26-23-20-17-14-11-8-5-2/h9,12,18,21-22,25,27,29-30,32-33,43,50,53,59,62,68H,4-8,10-11,13-17,19-20,23-24,26,28,31,34-42,44-49,51-52,54-58,60-61,63-67H2,1-3H3/b12-9-,21-18-,25-22-,30-29-,33-32-,43-27-,53-50-,62-59-. The molecule has 0 aliphatic rings. The molecule has 0 saturated heterocycles. The number of allylic oxidation sites excluding steroid dienone is 15. The van der Waals surface area contributed by atoms with E-state index in [1.165, 1.54) is 193 Å². The Bertz CT molecular complexity index is 1510. The molecular formula is C71H122O6. The number of esters is 3. The first-order chi connectivity index (χ1) is 38.0. The summed E-state index contributed by atoms with van der Waals surface area (Å²) >= 11 is 0. The maximum Gasteiger partial charge on any atom is 0.310 e. The number of hydrogen-bond donors (Lipinski definition) is 0. The second-order valence-electron chi connectivity index (χ2n) is 21.7. The van der Waals surface area contributed by atoms with E-state index in [-0.39, 0.29) is 31.6 Å². The Balaban J connectivity index is 4.30. The van der Waals surface area contributed by atoms with Gasteiger partial charge in [0.1, 0.15) is 13.2 Å². The molecule has 6 nitrogen and oxygen atoms in total. The van der Waals surface area contributed by atoms with Crippen LogP contribution in [0.4, 0.5) is 0 Å². The zero-order valence-corrected chi connectivity index (χ0v) is 50.7. The number of ether oxygens (including phenoxy) is 3. The fourth-order valence-electron chi connectivity index (χ4n) is 9.23. The average Bonchev–Trinajstić information content (AvgIpc) is 3.43. The van der Waals surface area contributed by atoms with E-state index in [1.807, 2.05) is 6.08 Å². The molecule has 0 N–H and O–H groups in total. The van der Waals surface area contributed by atoms with Crippen LogP contribution in [0.25, 0.3) is 0 Å². The molecule has 6 heteroatoms. The van der Waals surface area contributed by atoms with Crippen LogP contribution in [0.2, 0.25) is 0 Å². The van der Waals surface area contributed by atoms with E-state index in [1.54, 1.807) is 6.08 Å². The lowest BCUT2D eigenvalue weighted by molar-refractivity contribution is -0.166. The van der Waals surface area contributed by atoms with Gasteiger partial charge in [0.25, 0.3) is 0 Å². The van der Waals surface area contributed by atoms with E-state index in [4.69, 9.17) is 14.2 Å². The Morgan fingerprint density at radius 2 is 0.545 bits per heavy atom. The first kappa shape index (κ1) is 73.3. The average molecular weight is 1070 g/mol. The van der Waals surface area contributed by atoms with Crippen LogP contribution in [0.5, 0.6) is 0 Å². The predicted molar refractivity (Wildman–Crippen MR) is 334 cm³/mol. The van der Waals surface area contributed by atoms with E-state index < -0.39 is 12.1 Å². The minimum atomic E-state index is -0.831. The number of unbranched alkanes of at least 4 members (excludes halogenated alkanes) is 33. The van der Waals surface area contributed by atoms with Gasteiger partial charge in [-0.05, 0) is 83.5 Å². The van der Waals surface area contributed by atoms with Gasteiger partial charge in [-0.1, -0.05) is 311 Å². The molecule has 0 aromatic rings. The summed E-state index contributed by atoms with van der Waals surface area (Å²) < 4.78 is 16.8. The third-order valence-corrected chi connectivity index (χ3v) is 14.1. The molecule has 0 aliphatic heterocycles. The van der Waals surface area contributed by atoms with Gasteiger partial charge in [0.2, 0.25) is 0 Å². The molecule has 0 rings (SSSR count). The number of hydrogen-bond acceptors (Lipinski definition) is 6. The SMILES string of the molecule is CC/C=C\C/C=C\C/C=C\C/C=C\C/C=C\CC(=O)OC(COC(=O)CCCCCCCCCCCCCCCCC)COC(=O)CCCCCCCCCCCCCCCC/C=C\C/C=C\C/C=C\CCCCCCC. The molecule has 442 valence electrons. The Hall–Kier alpha value is -3.67. The topological polar surface area (TPSA) is 78.9 Å². The van der Waals surface area contributed by atoms with E-state index in [9.17, 15) is 14.4 Å². The Morgan fingerprint density at radius 3 is 0.857 bits per heavy atom. The largest absolute Gasteiger partial charge is 0.462 e. The van der Waals surface area contributed by atoms with Crippen LogP contribution < -0.4 is 0 Å². The highest BCUT2D eigenvalue weighted by atomic mass is 16.6. The van der Waals surface area contributed by atoms with Crippen molar-refractivity contribution in [3.05, 3.63) is 97.2 Å². The van der Waals surface area contributed by atoms with Crippen molar-refractivity contribution in [2.75, 3.05) is 13.2 Å². The molecule has 0 aromatic heterocycles. The smallest absolute Gasteiger partial charge is 0.310 e. The summed E-state index contributed by atoms with van der Waals surface area (Å²) in [5.74, 6) is -1.03. The zero-order valence-electron chi connectivity index (χ0n) is 50.7. The highest BCUT2D eigenvalue weighted by Crippen LogP contribution is 2.17. The highest BCUT2D eigenvalue weighted by Gasteiger charge is 2.19. The molecule has 0 spiro atoms. The first-order valence-electron chi connectivity index (χ1n) is 32.7. The molecule has 0 amide bonds. The number of carbonyl (C=O) groups excluding carboxylic acids is 3. The maximum absolute atomic E-state index is 12.8. The lowest BCUT2D eigenvalue weighted by Crippen LogP contribution is -2.30. The second-order valence-corrected chi connectivity index (χ2v) is 21.7. The summed E-state index contributed by atoms with van der Waals surface area (Å²) in [6.07, 6.45) is 87.4. The first-order valence-corrected chi connectivity index (χ1v) is 32.7. The zero-order chi connectivity index (χ0) is 55.7. The molecule has 0 radical (unpaired) electrons. The van der Waals surface area contributed by atoms with Gasteiger partial charge in [0.15, 0.2) is 6.10 Å². The molecule has 1 unspecified atom stereocenters. The molecular weight excluding hydrogens is 949 g/mol.